The van der Waals surface area contributed by atoms with Gasteiger partial charge in [0.15, 0.2) is 0 Å². The maximum atomic E-state index is 12.5. The Morgan fingerprint density at radius 1 is 1.08 bits per heavy atom. The molecule has 0 fully saturated rings. The summed E-state index contributed by atoms with van der Waals surface area (Å²) < 4.78 is 43.2. The van der Waals surface area contributed by atoms with E-state index in [2.05, 4.69) is 5.32 Å². The first-order valence-corrected chi connectivity index (χ1v) is 8.16. The van der Waals surface area contributed by atoms with Gasteiger partial charge in [-0.25, -0.2) is 0 Å². The third kappa shape index (κ3) is 6.07. The van der Waals surface area contributed by atoms with Gasteiger partial charge in [0.25, 0.3) is 0 Å². The summed E-state index contributed by atoms with van der Waals surface area (Å²) in [6, 6.07) is 11.9. The van der Waals surface area contributed by atoms with E-state index in [1.807, 2.05) is 12.1 Å². The molecule has 0 aliphatic heterocycles. The van der Waals surface area contributed by atoms with Gasteiger partial charge in [0, 0.05) is 0 Å². The lowest BCUT2D eigenvalue weighted by Gasteiger charge is -2.11. The van der Waals surface area contributed by atoms with Gasteiger partial charge in [0.1, 0.15) is 12.4 Å². The average Bonchev–Trinajstić information content (AvgIpc) is 2.60. The minimum absolute atomic E-state index is 0.190. The lowest BCUT2D eigenvalue weighted by atomic mass is 10.1. The average molecular weight is 366 g/mol. The predicted octanol–water partition coefficient (Wildman–Crippen LogP) is 3.29. The van der Waals surface area contributed by atoms with Crippen LogP contribution in [-0.4, -0.2) is 18.5 Å². The van der Waals surface area contributed by atoms with Crippen LogP contribution in [0.15, 0.2) is 48.5 Å². The Morgan fingerprint density at radius 2 is 1.65 bits per heavy atom. The summed E-state index contributed by atoms with van der Waals surface area (Å²) in [6.07, 6.45) is -3.60. The Morgan fingerprint density at radius 3 is 2.19 bits per heavy atom. The predicted molar refractivity (Wildman–Crippen MR) is 92.6 cm³/mol. The van der Waals surface area contributed by atoms with Gasteiger partial charge in [-0.05, 0) is 55.3 Å². The summed E-state index contributed by atoms with van der Waals surface area (Å²) in [5, 5.41) is 3.02. The van der Waals surface area contributed by atoms with Crippen molar-refractivity contribution >= 4 is 5.91 Å². The van der Waals surface area contributed by atoms with Crippen LogP contribution in [-0.2, 0) is 24.0 Å². The van der Waals surface area contributed by atoms with E-state index < -0.39 is 17.6 Å². The van der Waals surface area contributed by atoms with Gasteiger partial charge in [-0.1, -0.05) is 24.3 Å². The number of rotatable bonds is 8. The van der Waals surface area contributed by atoms with Gasteiger partial charge in [-0.2, -0.15) is 13.2 Å². The van der Waals surface area contributed by atoms with Crippen molar-refractivity contribution in [2.75, 3.05) is 6.54 Å². The zero-order chi connectivity index (χ0) is 19.2. The fraction of sp³-hybridized carbons (Fsp3) is 0.316. The lowest BCUT2D eigenvalue weighted by Crippen LogP contribution is -2.39. The molecule has 7 heteroatoms. The van der Waals surface area contributed by atoms with E-state index in [1.165, 1.54) is 12.1 Å². The monoisotopic (exact) mass is 366 g/mol. The summed E-state index contributed by atoms with van der Waals surface area (Å²) in [4.78, 5) is 10.9. The van der Waals surface area contributed by atoms with Crippen molar-refractivity contribution in [1.29, 1.82) is 0 Å². The molecule has 2 aromatic carbocycles. The third-order valence-electron chi connectivity index (χ3n) is 3.90. The van der Waals surface area contributed by atoms with Crippen molar-refractivity contribution in [3.05, 3.63) is 65.2 Å². The van der Waals surface area contributed by atoms with Crippen molar-refractivity contribution in [1.82, 2.24) is 5.32 Å². The maximum Gasteiger partial charge on any atom is 0.416 e. The molecular formula is C19H21F3N2O2. The maximum absolute atomic E-state index is 12.5. The highest BCUT2D eigenvalue weighted by atomic mass is 19.4. The number of hydrogen-bond donors (Lipinski definition) is 2. The zero-order valence-electron chi connectivity index (χ0n) is 14.3. The molecule has 0 radical (unpaired) electrons. The van der Waals surface area contributed by atoms with Crippen molar-refractivity contribution in [2.24, 2.45) is 5.73 Å². The first-order valence-electron chi connectivity index (χ1n) is 8.16. The van der Waals surface area contributed by atoms with Gasteiger partial charge < -0.3 is 15.8 Å². The van der Waals surface area contributed by atoms with Crippen LogP contribution in [0.4, 0.5) is 13.2 Å². The van der Waals surface area contributed by atoms with E-state index in [0.29, 0.717) is 17.9 Å². The highest BCUT2D eigenvalue weighted by Gasteiger charge is 2.29. The van der Waals surface area contributed by atoms with Gasteiger partial charge in [-0.15, -0.1) is 0 Å². The summed E-state index contributed by atoms with van der Waals surface area (Å²) >= 11 is 0. The molecule has 1 amide bonds. The van der Waals surface area contributed by atoms with Crippen LogP contribution in [0.1, 0.15) is 23.6 Å². The Kier molecular flexibility index (Phi) is 6.63. The molecule has 0 aliphatic carbocycles. The second kappa shape index (κ2) is 8.71. The summed E-state index contributed by atoms with van der Waals surface area (Å²) in [7, 11) is 0. The van der Waals surface area contributed by atoms with E-state index >= 15 is 0 Å². The first kappa shape index (κ1) is 19.8. The van der Waals surface area contributed by atoms with Crippen LogP contribution in [0, 0.1) is 0 Å². The van der Waals surface area contributed by atoms with Gasteiger partial charge in [0.2, 0.25) is 5.91 Å². The van der Waals surface area contributed by atoms with Crippen LogP contribution in [0.25, 0.3) is 0 Å². The van der Waals surface area contributed by atoms with E-state index in [1.54, 1.807) is 19.1 Å². The number of amides is 1. The van der Waals surface area contributed by atoms with Crippen molar-refractivity contribution < 1.29 is 22.7 Å². The minimum atomic E-state index is -4.33. The largest absolute Gasteiger partial charge is 0.489 e. The number of carbonyl (C=O) groups is 1. The van der Waals surface area contributed by atoms with E-state index in [-0.39, 0.29) is 12.6 Å². The van der Waals surface area contributed by atoms with E-state index in [0.717, 1.165) is 24.1 Å². The molecule has 26 heavy (non-hydrogen) atoms. The molecule has 0 saturated heterocycles. The quantitative estimate of drug-likeness (QED) is 0.754. The molecule has 1 unspecified atom stereocenters. The molecule has 0 spiro atoms. The van der Waals surface area contributed by atoms with E-state index in [4.69, 9.17) is 10.5 Å². The summed E-state index contributed by atoms with van der Waals surface area (Å²) in [5.74, 6) is 0.240. The van der Waals surface area contributed by atoms with Crippen LogP contribution < -0.4 is 15.8 Å². The molecule has 2 rings (SSSR count). The van der Waals surface area contributed by atoms with Crippen LogP contribution in [0.5, 0.6) is 5.75 Å². The number of hydrogen-bond acceptors (Lipinski definition) is 3. The molecule has 140 valence electrons. The second-order valence-electron chi connectivity index (χ2n) is 5.96. The first-order chi connectivity index (χ1) is 12.3. The highest BCUT2D eigenvalue weighted by Crippen LogP contribution is 2.29. The molecule has 3 N–H and O–H groups in total. The molecule has 0 bridgehead atoms. The third-order valence-corrected chi connectivity index (χ3v) is 3.90. The minimum Gasteiger partial charge on any atom is -0.489 e. The number of alkyl halides is 3. The van der Waals surface area contributed by atoms with Gasteiger partial charge >= 0.3 is 6.18 Å². The molecule has 0 aromatic heterocycles. The summed E-state index contributed by atoms with van der Waals surface area (Å²) in [6.45, 7) is 2.52. The molecule has 4 nitrogen and oxygen atoms in total. The Bertz CT molecular complexity index is 713. The van der Waals surface area contributed by atoms with E-state index in [9.17, 15) is 18.0 Å². The smallest absolute Gasteiger partial charge is 0.416 e. The normalized spacial score (nSPS) is 12.6. The van der Waals surface area contributed by atoms with Crippen LogP contribution >= 0.6 is 0 Å². The van der Waals surface area contributed by atoms with Crippen molar-refractivity contribution in [3.8, 4) is 5.75 Å². The molecule has 2 aromatic rings. The fourth-order valence-electron chi connectivity index (χ4n) is 2.24. The van der Waals surface area contributed by atoms with Crippen LogP contribution in [0.2, 0.25) is 0 Å². The number of nitrogens with one attached hydrogen (secondary N) is 1. The molecule has 0 heterocycles. The fourth-order valence-corrected chi connectivity index (χ4v) is 2.24. The number of benzene rings is 2. The number of primary amides is 1. The SMILES string of the molecule is CC(NCCc1ccc(OCc2ccc(C(F)(F)F)cc2)cc1)C(N)=O. The van der Waals surface area contributed by atoms with Crippen molar-refractivity contribution in [3.63, 3.8) is 0 Å². The zero-order valence-corrected chi connectivity index (χ0v) is 14.3. The highest BCUT2D eigenvalue weighted by molar-refractivity contribution is 5.79. The number of ether oxygens (including phenoxy) is 1. The standard InChI is InChI=1S/C19H21F3N2O2/c1-13(18(23)25)24-11-10-14-4-8-17(9-5-14)26-12-15-2-6-16(7-3-15)19(20,21)22/h2-9,13,24H,10-12H2,1H3,(H2,23,25). The molecule has 1 atom stereocenters. The lowest BCUT2D eigenvalue weighted by molar-refractivity contribution is -0.137. The van der Waals surface area contributed by atoms with Gasteiger partial charge in [0.05, 0.1) is 11.6 Å². The van der Waals surface area contributed by atoms with Gasteiger partial charge in [-0.3, -0.25) is 4.79 Å². The van der Waals surface area contributed by atoms with Crippen molar-refractivity contribution in [2.45, 2.75) is 32.2 Å². The summed E-state index contributed by atoms with van der Waals surface area (Å²) in [5.41, 5.74) is 6.22. The number of halogens is 3. The Labute approximate surface area is 150 Å². The molecule has 0 saturated carbocycles. The second-order valence-corrected chi connectivity index (χ2v) is 5.96. The Hall–Kier alpha value is -2.54. The molecular weight excluding hydrogens is 345 g/mol. The molecule has 0 aliphatic rings. The number of carbonyl (C=O) groups excluding carboxylic acids is 1. The Balaban J connectivity index is 1.81. The number of nitrogens with two attached hydrogens (primary N) is 1. The van der Waals surface area contributed by atoms with Crippen LogP contribution in [0.3, 0.4) is 0 Å². The topological polar surface area (TPSA) is 64.3 Å².